The van der Waals surface area contributed by atoms with Crippen molar-refractivity contribution < 1.29 is 9.59 Å². The van der Waals surface area contributed by atoms with Crippen molar-refractivity contribution >= 4 is 11.8 Å². The minimum Gasteiger partial charge on any atom is -0.356 e. The maximum Gasteiger partial charge on any atom is 0.274 e. The lowest BCUT2D eigenvalue weighted by Gasteiger charge is -2.37. The number of amides is 2. The molecule has 3 aromatic rings. The molecule has 7 nitrogen and oxygen atoms in total. The molecule has 2 saturated heterocycles. The predicted molar refractivity (Wildman–Crippen MR) is 112 cm³/mol. The van der Waals surface area contributed by atoms with Crippen molar-refractivity contribution in [2.75, 3.05) is 19.6 Å². The first-order valence-corrected chi connectivity index (χ1v) is 10.3. The van der Waals surface area contributed by atoms with E-state index in [0.717, 1.165) is 29.9 Å². The predicted octanol–water partition coefficient (Wildman–Crippen LogP) is 2.68. The summed E-state index contributed by atoms with van der Waals surface area (Å²) in [6.07, 6.45) is 5.75. The fourth-order valence-corrected chi connectivity index (χ4v) is 4.47. The Hall–Kier alpha value is -3.48. The third-order valence-electron chi connectivity index (χ3n) is 6.28. The van der Waals surface area contributed by atoms with Gasteiger partial charge in [-0.15, -0.1) is 0 Å². The van der Waals surface area contributed by atoms with Gasteiger partial charge in [0.25, 0.3) is 5.91 Å². The van der Waals surface area contributed by atoms with Crippen LogP contribution in [0.2, 0.25) is 0 Å². The van der Waals surface area contributed by atoms with Crippen LogP contribution in [-0.4, -0.2) is 51.1 Å². The number of benzene rings is 1. The van der Waals surface area contributed by atoms with Gasteiger partial charge in [-0.3, -0.25) is 14.6 Å². The van der Waals surface area contributed by atoms with Crippen LogP contribution < -0.4 is 5.32 Å². The van der Waals surface area contributed by atoms with E-state index in [-0.39, 0.29) is 17.2 Å². The normalized spacial score (nSPS) is 17.9. The van der Waals surface area contributed by atoms with Crippen molar-refractivity contribution in [3.8, 4) is 16.9 Å². The van der Waals surface area contributed by atoms with E-state index in [1.165, 1.54) is 0 Å². The zero-order valence-corrected chi connectivity index (χ0v) is 16.6. The summed E-state index contributed by atoms with van der Waals surface area (Å²) in [6, 6.07) is 15.5. The highest BCUT2D eigenvalue weighted by Gasteiger charge is 2.45. The minimum absolute atomic E-state index is 0.0896. The molecule has 2 aromatic heterocycles. The molecule has 0 radical (unpaired) electrons. The Kier molecular flexibility index (Phi) is 4.58. The molecule has 1 spiro atoms. The number of rotatable bonds is 3. The fraction of sp³-hybridized carbons (Fsp3) is 0.304. The van der Waals surface area contributed by atoms with Crippen LogP contribution in [0.5, 0.6) is 0 Å². The Morgan fingerprint density at radius 3 is 2.40 bits per heavy atom. The first kappa shape index (κ1) is 18.5. The van der Waals surface area contributed by atoms with Gasteiger partial charge >= 0.3 is 0 Å². The van der Waals surface area contributed by atoms with E-state index in [9.17, 15) is 9.59 Å². The van der Waals surface area contributed by atoms with Crippen molar-refractivity contribution in [2.24, 2.45) is 5.41 Å². The second-order valence-electron chi connectivity index (χ2n) is 7.98. The molecule has 2 amide bonds. The summed E-state index contributed by atoms with van der Waals surface area (Å²) < 4.78 is 1.80. The van der Waals surface area contributed by atoms with Crippen LogP contribution in [0.3, 0.4) is 0 Å². The molecule has 152 valence electrons. The summed E-state index contributed by atoms with van der Waals surface area (Å²) in [5, 5.41) is 7.60. The summed E-state index contributed by atoms with van der Waals surface area (Å²) in [4.78, 5) is 31.4. The van der Waals surface area contributed by atoms with Gasteiger partial charge < -0.3 is 10.2 Å². The molecule has 30 heavy (non-hydrogen) atoms. The van der Waals surface area contributed by atoms with Gasteiger partial charge in [-0.1, -0.05) is 18.2 Å². The molecule has 4 heterocycles. The Morgan fingerprint density at radius 1 is 1.00 bits per heavy atom. The van der Waals surface area contributed by atoms with Crippen LogP contribution in [0.1, 0.15) is 29.8 Å². The maximum atomic E-state index is 13.2. The average Bonchev–Trinajstić information content (AvgIpc) is 3.40. The standard InChI is InChI=1S/C23H23N5O2/c29-21(27-14-9-23(10-15-27)8-13-25-22(23)30)19-16-20(17-6-11-24-12-7-17)28(26-19)18-4-2-1-3-5-18/h1-7,11-12,16H,8-10,13-15H2,(H,25,30). The number of hydrogen-bond donors (Lipinski definition) is 1. The number of para-hydroxylation sites is 1. The number of carbonyl (C=O) groups is 2. The molecular formula is C23H23N5O2. The minimum atomic E-state index is -0.289. The third-order valence-corrected chi connectivity index (χ3v) is 6.28. The molecule has 0 saturated carbocycles. The summed E-state index contributed by atoms with van der Waals surface area (Å²) in [6.45, 7) is 1.90. The topological polar surface area (TPSA) is 80.1 Å². The number of aromatic nitrogens is 3. The first-order chi connectivity index (χ1) is 14.7. The number of likely N-dealkylation sites (tertiary alicyclic amines) is 1. The lowest BCUT2D eigenvalue weighted by molar-refractivity contribution is -0.129. The van der Waals surface area contributed by atoms with Gasteiger partial charge in [0, 0.05) is 37.6 Å². The van der Waals surface area contributed by atoms with Crippen LogP contribution in [0.15, 0.2) is 60.9 Å². The van der Waals surface area contributed by atoms with Gasteiger partial charge in [-0.05, 0) is 49.6 Å². The molecule has 2 aliphatic rings. The second kappa shape index (κ2) is 7.40. The van der Waals surface area contributed by atoms with E-state index < -0.39 is 0 Å². The molecule has 7 heteroatoms. The van der Waals surface area contributed by atoms with Gasteiger partial charge in [0.05, 0.1) is 16.8 Å². The van der Waals surface area contributed by atoms with E-state index in [0.29, 0.717) is 31.6 Å². The van der Waals surface area contributed by atoms with E-state index in [2.05, 4.69) is 15.4 Å². The molecule has 1 aromatic carbocycles. The highest BCUT2D eigenvalue weighted by Crippen LogP contribution is 2.38. The van der Waals surface area contributed by atoms with Crippen LogP contribution in [0.4, 0.5) is 0 Å². The maximum absolute atomic E-state index is 13.2. The first-order valence-electron chi connectivity index (χ1n) is 10.3. The van der Waals surface area contributed by atoms with E-state index >= 15 is 0 Å². The van der Waals surface area contributed by atoms with E-state index in [1.807, 2.05) is 53.4 Å². The Labute approximate surface area is 174 Å². The SMILES string of the molecule is O=C(c1cc(-c2ccncc2)n(-c2ccccc2)n1)N1CCC2(CCNC2=O)CC1. The summed E-state index contributed by atoms with van der Waals surface area (Å²) >= 11 is 0. The number of carbonyl (C=O) groups excluding carboxylic acids is 2. The largest absolute Gasteiger partial charge is 0.356 e. The van der Waals surface area contributed by atoms with Crippen molar-refractivity contribution in [3.63, 3.8) is 0 Å². The molecule has 0 bridgehead atoms. The van der Waals surface area contributed by atoms with Crippen LogP contribution >= 0.6 is 0 Å². The summed E-state index contributed by atoms with van der Waals surface area (Å²) in [5.41, 5.74) is 2.81. The lowest BCUT2D eigenvalue weighted by Crippen LogP contribution is -2.46. The smallest absolute Gasteiger partial charge is 0.274 e. The highest BCUT2D eigenvalue weighted by molar-refractivity contribution is 5.94. The summed E-state index contributed by atoms with van der Waals surface area (Å²) in [5.74, 6) is 0.0520. The number of hydrogen-bond acceptors (Lipinski definition) is 4. The molecule has 0 unspecified atom stereocenters. The Bertz CT molecular complexity index is 1010. The Morgan fingerprint density at radius 2 is 1.73 bits per heavy atom. The van der Waals surface area contributed by atoms with Gasteiger partial charge in [-0.2, -0.15) is 5.10 Å². The van der Waals surface area contributed by atoms with Crippen LogP contribution in [0.25, 0.3) is 16.9 Å². The zero-order valence-electron chi connectivity index (χ0n) is 16.6. The monoisotopic (exact) mass is 401 g/mol. The third kappa shape index (κ3) is 3.16. The van der Waals surface area contributed by atoms with Gasteiger partial charge in [0.1, 0.15) is 0 Å². The van der Waals surface area contributed by atoms with E-state index in [1.54, 1.807) is 17.1 Å². The van der Waals surface area contributed by atoms with Crippen LogP contribution in [0, 0.1) is 5.41 Å². The quantitative estimate of drug-likeness (QED) is 0.732. The van der Waals surface area contributed by atoms with Crippen LogP contribution in [-0.2, 0) is 4.79 Å². The fourth-order valence-electron chi connectivity index (χ4n) is 4.47. The van der Waals surface area contributed by atoms with Crippen molar-refractivity contribution in [1.82, 2.24) is 25.0 Å². The average molecular weight is 401 g/mol. The second-order valence-corrected chi connectivity index (χ2v) is 7.98. The summed E-state index contributed by atoms with van der Waals surface area (Å²) in [7, 11) is 0. The molecule has 2 fully saturated rings. The Balaban J connectivity index is 1.44. The number of nitrogens with one attached hydrogen (secondary N) is 1. The molecule has 5 rings (SSSR count). The number of piperidine rings is 1. The lowest BCUT2D eigenvalue weighted by atomic mass is 9.77. The van der Waals surface area contributed by atoms with Gasteiger partial charge in [-0.25, -0.2) is 4.68 Å². The van der Waals surface area contributed by atoms with E-state index in [4.69, 9.17) is 0 Å². The van der Waals surface area contributed by atoms with Crippen molar-refractivity contribution in [1.29, 1.82) is 0 Å². The van der Waals surface area contributed by atoms with Crippen molar-refractivity contribution in [2.45, 2.75) is 19.3 Å². The molecule has 0 aliphatic carbocycles. The van der Waals surface area contributed by atoms with Crippen molar-refractivity contribution in [3.05, 3.63) is 66.6 Å². The zero-order chi connectivity index (χ0) is 20.6. The highest BCUT2D eigenvalue weighted by atomic mass is 16.2. The molecule has 2 aliphatic heterocycles. The molecular weight excluding hydrogens is 378 g/mol. The number of pyridine rings is 1. The van der Waals surface area contributed by atoms with Gasteiger partial charge in [0.2, 0.25) is 5.91 Å². The number of nitrogens with zero attached hydrogens (tertiary/aromatic N) is 4. The molecule has 1 N–H and O–H groups in total. The molecule has 0 atom stereocenters. The van der Waals surface area contributed by atoms with Gasteiger partial charge in [0.15, 0.2) is 5.69 Å².